The van der Waals surface area contributed by atoms with Crippen LogP contribution in [-0.2, 0) is 14.8 Å². The van der Waals surface area contributed by atoms with E-state index < -0.39 is 10.0 Å². The number of hydrogen-bond acceptors (Lipinski definition) is 6. The number of benzene rings is 2. The molecule has 0 spiro atoms. The first-order chi connectivity index (χ1) is 13.1. The zero-order valence-corrected chi connectivity index (χ0v) is 15.5. The van der Waals surface area contributed by atoms with E-state index in [1.54, 1.807) is 12.1 Å². The smallest absolute Gasteiger partial charge is 0.243 e. The highest BCUT2D eigenvalue weighted by Gasteiger charge is 2.25. The number of hydrogen-bond donors (Lipinski definition) is 2. The molecule has 8 heteroatoms. The summed E-state index contributed by atoms with van der Waals surface area (Å²) in [6.07, 6.45) is 0. The topological polar surface area (TPSA) is 99.4 Å². The zero-order valence-electron chi connectivity index (χ0n) is 14.7. The molecular weight excluding hydrogens is 368 g/mol. The molecule has 1 heterocycles. The van der Waals surface area contributed by atoms with Gasteiger partial charge in [0.05, 0.1) is 18.1 Å². The van der Waals surface area contributed by atoms with Crippen molar-refractivity contribution in [3.63, 3.8) is 0 Å². The van der Waals surface area contributed by atoms with Crippen LogP contribution in [-0.4, -0.2) is 61.7 Å². The van der Waals surface area contributed by atoms with Crippen LogP contribution in [0.25, 0.3) is 0 Å². The van der Waals surface area contributed by atoms with Gasteiger partial charge in [-0.05, 0) is 29.8 Å². The molecule has 0 amide bonds. The Labute approximate surface area is 158 Å². The summed E-state index contributed by atoms with van der Waals surface area (Å²) in [5.41, 5.74) is 1.76. The van der Waals surface area contributed by atoms with Crippen molar-refractivity contribution < 1.29 is 23.4 Å². The molecule has 1 aliphatic rings. The molecule has 0 saturated carbocycles. The Morgan fingerprint density at radius 1 is 1.00 bits per heavy atom. The first kappa shape index (κ1) is 19.5. The predicted octanol–water partition coefficient (Wildman–Crippen LogP) is 1.18. The third kappa shape index (κ3) is 4.36. The van der Waals surface area contributed by atoms with Crippen LogP contribution in [0.4, 0.5) is 0 Å². The Kier molecular flexibility index (Phi) is 6.22. The van der Waals surface area contributed by atoms with Crippen LogP contribution in [0.5, 0.6) is 0 Å². The van der Waals surface area contributed by atoms with E-state index in [0.29, 0.717) is 18.1 Å². The molecule has 0 fully saturated rings. The van der Waals surface area contributed by atoms with Crippen molar-refractivity contribution in [2.75, 3.05) is 32.9 Å². The summed E-state index contributed by atoms with van der Waals surface area (Å²) in [5, 5.41) is 18.1. The lowest BCUT2D eigenvalue weighted by atomic mass is 10.1. The van der Waals surface area contributed by atoms with E-state index in [4.69, 9.17) is 14.9 Å². The van der Waals surface area contributed by atoms with Crippen LogP contribution >= 0.6 is 0 Å². The highest BCUT2D eigenvalue weighted by Crippen LogP contribution is 2.25. The quantitative estimate of drug-likeness (QED) is 0.705. The van der Waals surface area contributed by atoms with E-state index in [0.717, 1.165) is 9.87 Å². The summed E-state index contributed by atoms with van der Waals surface area (Å²) < 4.78 is 32.0. The number of aliphatic hydroxyl groups is 2. The van der Waals surface area contributed by atoms with Gasteiger partial charge in [0, 0.05) is 18.7 Å². The Morgan fingerprint density at radius 3 is 2.22 bits per heavy atom. The maximum atomic E-state index is 12.6. The van der Waals surface area contributed by atoms with Gasteiger partial charge >= 0.3 is 0 Å². The molecule has 0 radical (unpaired) electrons. The van der Waals surface area contributed by atoms with E-state index in [1.807, 2.05) is 30.3 Å². The molecule has 7 nitrogen and oxygen atoms in total. The van der Waals surface area contributed by atoms with E-state index in [2.05, 4.69) is 4.99 Å². The van der Waals surface area contributed by atoms with Crippen molar-refractivity contribution in [3.05, 3.63) is 65.7 Å². The molecule has 1 aliphatic heterocycles. The fourth-order valence-electron chi connectivity index (χ4n) is 2.87. The van der Waals surface area contributed by atoms with Gasteiger partial charge in [0.2, 0.25) is 15.9 Å². The molecule has 0 aromatic heterocycles. The average Bonchev–Trinajstić information content (AvgIpc) is 3.19. The minimum atomic E-state index is -3.79. The van der Waals surface area contributed by atoms with Crippen molar-refractivity contribution in [1.29, 1.82) is 0 Å². The second-order valence-electron chi connectivity index (χ2n) is 6.05. The van der Waals surface area contributed by atoms with E-state index in [9.17, 15) is 8.42 Å². The summed E-state index contributed by atoms with van der Waals surface area (Å²) >= 11 is 0. The Hall–Kier alpha value is -2.26. The normalized spacial score (nSPS) is 17.0. The van der Waals surface area contributed by atoms with Crippen molar-refractivity contribution >= 4 is 15.9 Å². The molecule has 2 N–H and O–H groups in total. The number of aliphatic imine (C=N–C) groups is 1. The van der Waals surface area contributed by atoms with Crippen LogP contribution in [0.2, 0.25) is 0 Å². The minimum absolute atomic E-state index is 0.0702. The lowest BCUT2D eigenvalue weighted by molar-refractivity contribution is 0.217. The van der Waals surface area contributed by atoms with Crippen LogP contribution in [0.3, 0.4) is 0 Å². The van der Waals surface area contributed by atoms with Gasteiger partial charge in [-0.2, -0.15) is 4.31 Å². The Bertz CT molecular complexity index is 876. The highest BCUT2D eigenvalue weighted by molar-refractivity contribution is 7.89. The van der Waals surface area contributed by atoms with Crippen molar-refractivity contribution in [2.24, 2.45) is 4.99 Å². The first-order valence-corrected chi connectivity index (χ1v) is 10.1. The lowest BCUT2D eigenvalue weighted by Crippen LogP contribution is -2.35. The van der Waals surface area contributed by atoms with Gasteiger partial charge in [-0.25, -0.2) is 13.4 Å². The number of ether oxygens (including phenoxy) is 1. The molecule has 27 heavy (non-hydrogen) atoms. The third-order valence-electron chi connectivity index (χ3n) is 4.27. The van der Waals surface area contributed by atoms with E-state index in [1.165, 1.54) is 12.1 Å². The number of sulfonamides is 1. The van der Waals surface area contributed by atoms with Gasteiger partial charge in [0.1, 0.15) is 12.6 Å². The molecule has 1 atom stereocenters. The molecule has 3 rings (SSSR count). The van der Waals surface area contributed by atoms with Crippen molar-refractivity contribution in [3.8, 4) is 0 Å². The van der Waals surface area contributed by atoms with Gasteiger partial charge < -0.3 is 14.9 Å². The third-order valence-corrected chi connectivity index (χ3v) is 6.19. The summed E-state index contributed by atoms with van der Waals surface area (Å²) in [4.78, 5) is 4.67. The second-order valence-corrected chi connectivity index (χ2v) is 7.99. The summed E-state index contributed by atoms with van der Waals surface area (Å²) in [5.74, 6) is 0.482. The molecule has 0 aliphatic carbocycles. The Balaban J connectivity index is 1.79. The molecule has 2 aromatic carbocycles. The van der Waals surface area contributed by atoms with Crippen LogP contribution in [0, 0.1) is 0 Å². The van der Waals surface area contributed by atoms with Crippen LogP contribution in [0.1, 0.15) is 17.2 Å². The first-order valence-electron chi connectivity index (χ1n) is 8.64. The summed E-state index contributed by atoms with van der Waals surface area (Å²) in [6, 6.07) is 16.0. The van der Waals surface area contributed by atoms with Gasteiger partial charge in [0.15, 0.2) is 0 Å². The monoisotopic (exact) mass is 390 g/mol. The summed E-state index contributed by atoms with van der Waals surface area (Å²) in [6.45, 7) is -0.329. The Morgan fingerprint density at radius 2 is 1.63 bits per heavy atom. The predicted molar refractivity (Wildman–Crippen MR) is 101 cm³/mol. The molecule has 1 unspecified atom stereocenters. The molecule has 144 valence electrons. The van der Waals surface area contributed by atoms with Gasteiger partial charge in [-0.1, -0.05) is 30.3 Å². The second kappa shape index (κ2) is 8.62. The van der Waals surface area contributed by atoms with E-state index in [-0.39, 0.29) is 37.2 Å². The fraction of sp³-hybridized carbons (Fsp3) is 0.316. The van der Waals surface area contributed by atoms with Gasteiger partial charge in [0.25, 0.3) is 0 Å². The summed E-state index contributed by atoms with van der Waals surface area (Å²) in [7, 11) is -3.79. The highest BCUT2D eigenvalue weighted by atomic mass is 32.2. The minimum Gasteiger partial charge on any atom is -0.475 e. The van der Waals surface area contributed by atoms with Crippen LogP contribution in [0.15, 0.2) is 64.5 Å². The maximum absolute atomic E-state index is 12.6. The van der Waals surface area contributed by atoms with E-state index >= 15 is 0 Å². The number of nitrogens with zero attached hydrogens (tertiary/aromatic N) is 2. The number of aliphatic hydroxyl groups excluding tert-OH is 2. The number of rotatable bonds is 8. The largest absolute Gasteiger partial charge is 0.475 e. The average molecular weight is 390 g/mol. The van der Waals surface area contributed by atoms with Gasteiger partial charge in [-0.15, -0.1) is 0 Å². The lowest BCUT2D eigenvalue weighted by Gasteiger charge is -2.20. The SMILES string of the molecule is O=S(=O)(c1ccc(C2=NC(c3ccccc3)CO2)cc1)N(CCO)CCO. The van der Waals surface area contributed by atoms with Gasteiger partial charge in [-0.3, -0.25) is 0 Å². The van der Waals surface area contributed by atoms with Crippen molar-refractivity contribution in [1.82, 2.24) is 4.31 Å². The molecule has 0 bridgehead atoms. The maximum Gasteiger partial charge on any atom is 0.243 e. The fourth-order valence-corrected chi connectivity index (χ4v) is 4.29. The van der Waals surface area contributed by atoms with Crippen molar-refractivity contribution in [2.45, 2.75) is 10.9 Å². The zero-order chi connectivity index (χ0) is 19.3. The molecule has 0 saturated heterocycles. The standard InChI is InChI=1S/C19H22N2O5S/c22-12-10-21(11-13-23)27(24,25)17-8-6-16(7-9-17)19-20-18(14-26-19)15-4-2-1-3-5-15/h1-9,18,22-23H,10-14H2. The van der Waals surface area contributed by atoms with Crippen LogP contribution < -0.4 is 0 Å². The molecular formula is C19H22N2O5S. The molecule has 2 aromatic rings.